The van der Waals surface area contributed by atoms with Crippen molar-refractivity contribution in [2.45, 2.75) is 53.1 Å². The summed E-state index contributed by atoms with van der Waals surface area (Å²) in [7, 11) is 0. The number of guanidine groups is 1. The van der Waals surface area contributed by atoms with Gasteiger partial charge in [-0.05, 0) is 38.0 Å². The molecule has 2 rings (SSSR count). The molecule has 1 aliphatic carbocycles. The molecular formula is C18H33N5O. The SMILES string of the molecule is CCNC(=NCc1nccn1CC(C)C)NCCCOCC1CC1. The molecule has 0 aliphatic heterocycles. The Morgan fingerprint density at radius 1 is 1.42 bits per heavy atom. The topological polar surface area (TPSA) is 63.5 Å². The van der Waals surface area contributed by atoms with Crippen molar-refractivity contribution in [3.05, 3.63) is 18.2 Å². The molecule has 1 aromatic heterocycles. The van der Waals surface area contributed by atoms with Crippen molar-refractivity contribution in [1.29, 1.82) is 0 Å². The zero-order valence-electron chi connectivity index (χ0n) is 15.4. The fourth-order valence-corrected chi connectivity index (χ4v) is 2.46. The van der Waals surface area contributed by atoms with Crippen LogP contribution in [0.1, 0.15) is 45.9 Å². The zero-order chi connectivity index (χ0) is 17.2. The molecule has 1 aromatic rings. The van der Waals surface area contributed by atoms with E-state index < -0.39 is 0 Å². The number of aromatic nitrogens is 2. The number of imidazole rings is 1. The highest BCUT2D eigenvalue weighted by Crippen LogP contribution is 2.28. The van der Waals surface area contributed by atoms with Crippen LogP contribution in [-0.4, -0.2) is 41.8 Å². The molecule has 0 radical (unpaired) electrons. The van der Waals surface area contributed by atoms with Gasteiger partial charge in [-0.15, -0.1) is 0 Å². The van der Waals surface area contributed by atoms with Gasteiger partial charge in [0.05, 0.1) is 0 Å². The van der Waals surface area contributed by atoms with Crippen LogP contribution in [-0.2, 0) is 17.8 Å². The Bertz CT molecular complexity index is 493. The van der Waals surface area contributed by atoms with Gasteiger partial charge >= 0.3 is 0 Å². The molecule has 0 bridgehead atoms. The van der Waals surface area contributed by atoms with Gasteiger partial charge in [-0.25, -0.2) is 9.98 Å². The fourth-order valence-electron chi connectivity index (χ4n) is 2.46. The summed E-state index contributed by atoms with van der Waals surface area (Å²) in [5, 5.41) is 6.65. The van der Waals surface area contributed by atoms with Crippen LogP contribution in [0.4, 0.5) is 0 Å². The molecule has 1 saturated carbocycles. The summed E-state index contributed by atoms with van der Waals surface area (Å²) in [6.07, 6.45) is 7.58. The Balaban J connectivity index is 1.71. The average molecular weight is 335 g/mol. The molecule has 0 unspecified atom stereocenters. The molecule has 0 amide bonds. The molecule has 2 N–H and O–H groups in total. The number of hydrogen-bond acceptors (Lipinski definition) is 3. The lowest BCUT2D eigenvalue weighted by molar-refractivity contribution is 0.123. The minimum Gasteiger partial charge on any atom is -0.381 e. The first-order valence-corrected chi connectivity index (χ1v) is 9.29. The summed E-state index contributed by atoms with van der Waals surface area (Å²) >= 11 is 0. The van der Waals surface area contributed by atoms with Crippen LogP contribution >= 0.6 is 0 Å². The number of hydrogen-bond donors (Lipinski definition) is 2. The number of nitrogens with zero attached hydrogens (tertiary/aromatic N) is 3. The van der Waals surface area contributed by atoms with Gasteiger partial charge in [-0.3, -0.25) is 0 Å². The Morgan fingerprint density at radius 3 is 2.96 bits per heavy atom. The predicted molar refractivity (Wildman–Crippen MR) is 98.0 cm³/mol. The zero-order valence-corrected chi connectivity index (χ0v) is 15.4. The Kier molecular flexibility index (Phi) is 8.08. The van der Waals surface area contributed by atoms with Gasteiger partial charge in [-0.2, -0.15) is 0 Å². The third kappa shape index (κ3) is 7.34. The first kappa shape index (κ1) is 18.8. The van der Waals surface area contributed by atoms with E-state index in [1.165, 1.54) is 12.8 Å². The van der Waals surface area contributed by atoms with Crippen LogP contribution in [0.5, 0.6) is 0 Å². The molecule has 0 spiro atoms. The van der Waals surface area contributed by atoms with E-state index in [0.717, 1.165) is 57.0 Å². The normalized spacial score (nSPS) is 15.1. The summed E-state index contributed by atoms with van der Waals surface area (Å²) in [5.41, 5.74) is 0. The summed E-state index contributed by atoms with van der Waals surface area (Å²) in [4.78, 5) is 9.08. The van der Waals surface area contributed by atoms with E-state index in [-0.39, 0.29) is 0 Å². The van der Waals surface area contributed by atoms with E-state index in [9.17, 15) is 0 Å². The molecule has 1 heterocycles. The Morgan fingerprint density at radius 2 is 2.25 bits per heavy atom. The van der Waals surface area contributed by atoms with Crippen LogP contribution in [0.3, 0.4) is 0 Å². The summed E-state index contributed by atoms with van der Waals surface area (Å²) in [6.45, 7) is 11.6. The lowest BCUT2D eigenvalue weighted by Crippen LogP contribution is -2.38. The molecule has 6 nitrogen and oxygen atoms in total. The predicted octanol–water partition coefficient (Wildman–Crippen LogP) is 2.41. The maximum absolute atomic E-state index is 5.66. The molecular weight excluding hydrogens is 302 g/mol. The monoisotopic (exact) mass is 335 g/mol. The molecule has 6 heteroatoms. The maximum Gasteiger partial charge on any atom is 0.191 e. The molecule has 0 aromatic carbocycles. The lowest BCUT2D eigenvalue weighted by atomic mass is 10.2. The van der Waals surface area contributed by atoms with Crippen molar-refractivity contribution in [3.63, 3.8) is 0 Å². The van der Waals surface area contributed by atoms with Gasteiger partial charge in [0.1, 0.15) is 12.4 Å². The van der Waals surface area contributed by atoms with Gasteiger partial charge in [-0.1, -0.05) is 13.8 Å². The van der Waals surface area contributed by atoms with Gasteiger partial charge in [0.2, 0.25) is 0 Å². The number of rotatable bonds is 11. The van der Waals surface area contributed by atoms with Gasteiger partial charge < -0.3 is 19.9 Å². The van der Waals surface area contributed by atoms with Crippen molar-refractivity contribution >= 4 is 5.96 Å². The van der Waals surface area contributed by atoms with Gasteiger partial charge in [0.15, 0.2) is 5.96 Å². The third-order valence-electron chi connectivity index (χ3n) is 3.89. The smallest absolute Gasteiger partial charge is 0.191 e. The van der Waals surface area contributed by atoms with E-state index >= 15 is 0 Å². The second-order valence-electron chi connectivity index (χ2n) is 6.88. The molecule has 0 atom stereocenters. The van der Waals surface area contributed by atoms with Crippen molar-refractivity contribution in [2.24, 2.45) is 16.8 Å². The van der Waals surface area contributed by atoms with Crippen LogP contribution in [0.2, 0.25) is 0 Å². The summed E-state index contributed by atoms with van der Waals surface area (Å²) < 4.78 is 7.84. The molecule has 24 heavy (non-hydrogen) atoms. The average Bonchev–Trinajstić information content (AvgIpc) is 3.27. The van der Waals surface area contributed by atoms with E-state index in [2.05, 4.69) is 45.9 Å². The number of ether oxygens (including phenoxy) is 1. The number of nitrogens with one attached hydrogen (secondary N) is 2. The quantitative estimate of drug-likeness (QED) is 0.370. The highest BCUT2D eigenvalue weighted by atomic mass is 16.5. The van der Waals surface area contributed by atoms with Crippen molar-refractivity contribution in [2.75, 3.05) is 26.3 Å². The Hall–Kier alpha value is -1.56. The molecule has 1 fully saturated rings. The maximum atomic E-state index is 5.66. The van der Waals surface area contributed by atoms with E-state index in [1.807, 2.05) is 12.4 Å². The highest BCUT2D eigenvalue weighted by molar-refractivity contribution is 5.79. The van der Waals surface area contributed by atoms with E-state index in [4.69, 9.17) is 4.74 Å². The van der Waals surface area contributed by atoms with E-state index in [1.54, 1.807) is 0 Å². The lowest BCUT2D eigenvalue weighted by Gasteiger charge is -2.12. The first-order valence-electron chi connectivity index (χ1n) is 9.29. The fraction of sp³-hybridized carbons (Fsp3) is 0.778. The van der Waals surface area contributed by atoms with Gasteiger partial charge in [0.25, 0.3) is 0 Å². The molecule has 0 saturated heterocycles. The highest BCUT2D eigenvalue weighted by Gasteiger charge is 2.20. The second kappa shape index (κ2) is 10.3. The van der Waals surface area contributed by atoms with Crippen molar-refractivity contribution in [1.82, 2.24) is 20.2 Å². The Labute approximate surface area is 146 Å². The van der Waals surface area contributed by atoms with Crippen molar-refractivity contribution in [3.8, 4) is 0 Å². The van der Waals surface area contributed by atoms with E-state index in [0.29, 0.717) is 12.5 Å². The number of aliphatic imine (C=N–C) groups is 1. The standard InChI is InChI=1S/C18H33N5O/c1-4-19-18(21-8-5-11-24-14-16-6-7-16)22-12-17-20-9-10-23(17)13-15(2)3/h9-10,15-16H,4-8,11-14H2,1-3H3,(H2,19,21,22). The second-order valence-corrected chi connectivity index (χ2v) is 6.88. The van der Waals surface area contributed by atoms with Crippen LogP contribution in [0.25, 0.3) is 0 Å². The molecule has 1 aliphatic rings. The minimum absolute atomic E-state index is 0.591. The summed E-state index contributed by atoms with van der Waals surface area (Å²) in [6, 6.07) is 0. The largest absolute Gasteiger partial charge is 0.381 e. The van der Waals surface area contributed by atoms with Crippen LogP contribution in [0, 0.1) is 11.8 Å². The first-order chi connectivity index (χ1) is 11.7. The summed E-state index contributed by atoms with van der Waals surface area (Å²) in [5.74, 6) is 3.29. The third-order valence-corrected chi connectivity index (χ3v) is 3.89. The van der Waals surface area contributed by atoms with Crippen molar-refractivity contribution < 1.29 is 4.74 Å². The van der Waals surface area contributed by atoms with Gasteiger partial charge in [0, 0.05) is 45.2 Å². The van der Waals surface area contributed by atoms with Crippen LogP contribution in [0.15, 0.2) is 17.4 Å². The minimum atomic E-state index is 0.591. The van der Waals surface area contributed by atoms with Crippen LogP contribution < -0.4 is 10.6 Å². The molecule has 136 valence electrons.